The first-order valence-corrected chi connectivity index (χ1v) is 15.7. The van der Waals surface area contributed by atoms with Gasteiger partial charge in [0.1, 0.15) is 10.6 Å². The molecule has 12 nitrogen and oxygen atoms in total. The van der Waals surface area contributed by atoms with Crippen molar-refractivity contribution in [3.05, 3.63) is 17.8 Å². The Bertz CT molecular complexity index is 1410. The van der Waals surface area contributed by atoms with Crippen LogP contribution in [0.3, 0.4) is 0 Å². The molecule has 4 heterocycles. The van der Waals surface area contributed by atoms with Crippen LogP contribution in [-0.2, 0) is 10.0 Å². The number of halogens is 2. The van der Waals surface area contributed by atoms with E-state index >= 15 is 0 Å². The van der Waals surface area contributed by atoms with Crippen molar-refractivity contribution in [2.45, 2.75) is 107 Å². The van der Waals surface area contributed by atoms with E-state index in [0.717, 1.165) is 49.7 Å². The molecule has 3 aliphatic rings. The number of anilines is 2. The minimum absolute atomic E-state index is 0. The van der Waals surface area contributed by atoms with Crippen molar-refractivity contribution in [3.8, 4) is 0 Å². The van der Waals surface area contributed by atoms with Gasteiger partial charge < -0.3 is 25.5 Å². The molecule has 0 amide bonds. The molecule has 15 heteroatoms. The molecule has 1 aliphatic heterocycles. The lowest BCUT2D eigenvalue weighted by molar-refractivity contribution is 0.328. The van der Waals surface area contributed by atoms with E-state index < -0.39 is 10.0 Å². The second kappa shape index (κ2) is 13.0. The monoisotopic (exact) mass is 629 g/mol. The third-order valence-corrected chi connectivity index (χ3v) is 10.7. The fourth-order valence-corrected chi connectivity index (χ4v) is 8.14. The summed E-state index contributed by atoms with van der Waals surface area (Å²) in [5, 5.41) is 11.0. The lowest BCUT2D eigenvalue weighted by Gasteiger charge is -2.32. The molecule has 0 spiro atoms. The van der Waals surface area contributed by atoms with Gasteiger partial charge in [0.15, 0.2) is 22.7 Å². The zero-order valence-corrected chi connectivity index (χ0v) is 26.0. The van der Waals surface area contributed by atoms with Crippen LogP contribution in [0.2, 0.25) is 0 Å². The molecule has 2 saturated carbocycles. The minimum atomic E-state index is -3.66. The average Bonchev–Trinajstić information content (AvgIpc) is 3.66. The lowest BCUT2D eigenvalue weighted by atomic mass is 9.92. The van der Waals surface area contributed by atoms with E-state index in [1.165, 1.54) is 17.1 Å². The normalized spacial score (nSPS) is 22.8. The summed E-state index contributed by atoms with van der Waals surface area (Å²) in [7, 11) is -3.66. The highest BCUT2D eigenvalue weighted by Crippen LogP contribution is 2.34. The van der Waals surface area contributed by atoms with Crippen LogP contribution in [0, 0.1) is 13.8 Å². The molecule has 1 saturated heterocycles. The van der Waals surface area contributed by atoms with Gasteiger partial charge in [-0.25, -0.2) is 13.4 Å². The highest BCUT2D eigenvalue weighted by Gasteiger charge is 2.34. The Kier molecular flexibility index (Phi) is 10.1. The molecule has 2 aliphatic carbocycles. The molecular formula is C26H41Cl2N9O3S. The van der Waals surface area contributed by atoms with E-state index in [2.05, 4.69) is 20.4 Å². The Morgan fingerprint density at radius 3 is 2.22 bits per heavy atom. The summed E-state index contributed by atoms with van der Waals surface area (Å²) in [6.45, 7) is 4.11. The molecule has 0 radical (unpaired) electrons. The summed E-state index contributed by atoms with van der Waals surface area (Å²) in [6, 6.07) is 1.06. The zero-order chi connectivity index (χ0) is 27.1. The number of hydrogen-bond acceptors (Lipinski definition) is 10. The van der Waals surface area contributed by atoms with Gasteiger partial charge in [-0.05, 0) is 65.2 Å². The van der Waals surface area contributed by atoms with Crippen LogP contribution < -0.4 is 16.4 Å². The van der Waals surface area contributed by atoms with E-state index in [0.29, 0.717) is 61.2 Å². The van der Waals surface area contributed by atoms with E-state index in [4.69, 9.17) is 25.2 Å². The number of aromatic nitrogens is 5. The van der Waals surface area contributed by atoms with Gasteiger partial charge in [0, 0.05) is 37.3 Å². The molecule has 3 fully saturated rings. The SMILES string of the molecule is Cc1noc(C)c1S(=O)(=O)N1CCC(Nc2nc(NC3CCC(N)CC3)nc3c2ncn3C2CCCC2)CC1.Cl.Cl. The summed E-state index contributed by atoms with van der Waals surface area (Å²) in [5.74, 6) is 1.65. The predicted octanol–water partition coefficient (Wildman–Crippen LogP) is 4.34. The highest BCUT2D eigenvalue weighted by molar-refractivity contribution is 7.89. The summed E-state index contributed by atoms with van der Waals surface area (Å²) < 4.78 is 35.4. The van der Waals surface area contributed by atoms with Crippen molar-refractivity contribution < 1.29 is 12.9 Å². The third-order valence-electron chi connectivity index (χ3n) is 8.61. The Labute approximate surface area is 253 Å². The molecule has 0 aromatic carbocycles. The fraction of sp³-hybridized carbons (Fsp3) is 0.692. The predicted molar refractivity (Wildman–Crippen MR) is 163 cm³/mol. The number of rotatable bonds is 7. The largest absolute Gasteiger partial charge is 0.365 e. The van der Waals surface area contributed by atoms with Gasteiger partial charge in [-0.1, -0.05) is 18.0 Å². The van der Waals surface area contributed by atoms with Crippen molar-refractivity contribution >= 4 is 57.8 Å². The molecule has 41 heavy (non-hydrogen) atoms. The molecule has 3 aromatic rings. The molecule has 228 valence electrons. The number of hydrogen-bond donors (Lipinski definition) is 3. The number of piperidine rings is 1. The standard InChI is InChI=1S/C26H39N9O3S.2ClH/c1-16-23(17(2)38-33-16)39(36,37)34-13-11-20(12-14-34)29-24-22-25(35(15-28-22)21-5-3-4-6-21)32-26(31-24)30-19-9-7-18(27)8-10-19;;/h15,18-21H,3-14,27H2,1-2H3,(H2,29,30,31,32);2*1H. The van der Waals surface area contributed by atoms with Crippen LogP contribution in [-0.4, -0.2) is 68.6 Å². The van der Waals surface area contributed by atoms with Crippen molar-refractivity contribution in [1.82, 2.24) is 29.0 Å². The number of imidazole rings is 1. The summed E-state index contributed by atoms with van der Waals surface area (Å²) in [5.41, 5.74) is 8.14. The van der Waals surface area contributed by atoms with Crippen LogP contribution in [0.25, 0.3) is 11.2 Å². The number of aryl methyl sites for hydroxylation is 2. The van der Waals surface area contributed by atoms with Crippen molar-refractivity contribution in [2.75, 3.05) is 23.7 Å². The van der Waals surface area contributed by atoms with Gasteiger partial charge in [0.2, 0.25) is 16.0 Å². The highest BCUT2D eigenvalue weighted by atomic mass is 35.5. The van der Waals surface area contributed by atoms with Crippen molar-refractivity contribution in [2.24, 2.45) is 5.73 Å². The Hall–Kier alpha value is -2.19. The molecule has 4 N–H and O–H groups in total. The first-order valence-electron chi connectivity index (χ1n) is 14.3. The number of nitrogens with zero attached hydrogens (tertiary/aromatic N) is 6. The third kappa shape index (κ3) is 6.43. The molecular weight excluding hydrogens is 589 g/mol. The first-order chi connectivity index (χ1) is 18.8. The quantitative estimate of drug-likeness (QED) is 0.343. The molecule has 0 bridgehead atoms. The van der Waals surface area contributed by atoms with E-state index in [9.17, 15) is 8.42 Å². The fourth-order valence-electron chi connectivity index (χ4n) is 6.38. The molecule has 0 atom stereocenters. The van der Waals surface area contributed by atoms with Crippen LogP contribution in [0.5, 0.6) is 0 Å². The smallest absolute Gasteiger partial charge is 0.248 e. The summed E-state index contributed by atoms with van der Waals surface area (Å²) >= 11 is 0. The van der Waals surface area contributed by atoms with Gasteiger partial charge in [-0.2, -0.15) is 14.3 Å². The number of nitrogens with two attached hydrogens (primary N) is 1. The Morgan fingerprint density at radius 2 is 1.59 bits per heavy atom. The summed E-state index contributed by atoms with van der Waals surface area (Å²) in [6.07, 6.45) is 12.0. The van der Waals surface area contributed by atoms with E-state index in [1.807, 2.05) is 6.33 Å². The van der Waals surface area contributed by atoms with Crippen molar-refractivity contribution in [3.63, 3.8) is 0 Å². The maximum atomic E-state index is 13.3. The van der Waals surface area contributed by atoms with Gasteiger partial charge in [-0.15, -0.1) is 24.8 Å². The van der Waals surface area contributed by atoms with Gasteiger partial charge in [-0.3, -0.25) is 0 Å². The molecule has 3 aromatic heterocycles. The minimum Gasteiger partial charge on any atom is -0.365 e. The zero-order valence-electron chi connectivity index (χ0n) is 23.6. The topological polar surface area (TPSA) is 157 Å². The maximum absolute atomic E-state index is 13.3. The van der Waals surface area contributed by atoms with Gasteiger partial charge in [0.25, 0.3) is 0 Å². The number of sulfonamides is 1. The van der Waals surface area contributed by atoms with Crippen LogP contribution >= 0.6 is 24.8 Å². The summed E-state index contributed by atoms with van der Waals surface area (Å²) in [4.78, 5) is 14.8. The van der Waals surface area contributed by atoms with Gasteiger partial charge >= 0.3 is 0 Å². The first kappa shape index (κ1) is 31.7. The second-order valence-corrected chi connectivity index (χ2v) is 13.3. The molecule has 0 unspecified atom stereocenters. The van der Waals surface area contributed by atoms with Gasteiger partial charge in [0.05, 0.1) is 6.33 Å². The Balaban J connectivity index is 0.00000194. The molecule has 6 rings (SSSR count). The van der Waals surface area contributed by atoms with E-state index in [-0.39, 0.29) is 41.8 Å². The van der Waals surface area contributed by atoms with Crippen LogP contribution in [0.1, 0.15) is 81.7 Å². The Morgan fingerprint density at radius 1 is 0.927 bits per heavy atom. The number of fused-ring (bicyclic) bond motifs is 1. The number of nitrogens with one attached hydrogen (secondary N) is 2. The van der Waals surface area contributed by atoms with E-state index in [1.54, 1.807) is 13.8 Å². The maximum Gasteiger partial charge on any atom is 0.248 e. The van der Waals surface area contributed by atoms with Crippen LogP contribution in [0.4, 0.5) is 11.8 Å². The average molecular weight is 631 g/mol. The second-order valence-electron chi connectivity index (χ2n) is 11.4. The van der Waals surface area contributed by atoms with Crippen molar-refractivity contribution in [1.29, 1.82) is 0 Å². The lowest BCUT2D eigenvalue weighted by Crippen LogP contribution is -2.42. The van der Waals surface area contributed by atoms with Crippen LogP contribution in [0.15, 0.2) is 15.7 Å².